The standard InChI is InChI=1S/C11H19NO2S/c1-8(11(13)14)7-12-9-5-3-4-6-10(9)15-2/h9-10,12H,1,3-7H2,2H3,(H,13,14). The first kappa shape index (κ1) is 12.6. The molecule has 2 N–H and O–H groups in total. The van der Waals surface area contributed by atoms with E-state index in [4.69, 9.17) is 5.11 Å². The van der Waals surface area contributed by atoms with E-state index in [1.165, 1.54) is 19.3 Å². The van der Waals surface area contributed by atoms with E-state index >= 15 is 0 Å². The van der Waals surface area contributed by atoms with Gasteiger partial charge in [-0.15, -0.1) is 0 Å². The third-order valence-electron chi connectivity index (χ3n) is 2.89. The molecule has 0 bridgehead atoms. The highest BCUT2D eigenvalue weighted by molar-refractivity contribution is 7.99. The highest BCUT2D eigenvalue weighted by atomic mass is 32.2. The van der Waals surface area contributed by atoms with Crippen molar-refractivity contribution in [2.75, 3.05) is 12.8 Å². The van der Waals surface area contributed by atoms with E-state index in [1.54, 1.807) is 0 Å². The van der Waals surface area contributed by atoms with Crippen LogP contribution in [0.1, 0.15) is 25.7 Å². The molecular formula is C11H19NO2S. The normalized spacial score (nSPS) is 26.2. The van der Waals surface area contributed by atoms with Gasteiger partial charge >= 0.3 is 5.97 Å². The van der Waals surface area contributed by atoms with E-state index in [0.29, 0.717) is 17.8 Å². The second-order valence-corrected chi connectivity index (χ2v) is 5.03. The van der Waals surface area contributed by atoms with E-state index < -0.39 is 5.97 Å². The molecule has 86 valence electrons. The van der Waals surface area contributed by atoms with Gasteiger partial charge < -0.3 is 10.4 Å². The molecule has 1 fully saturated rings. The molecule has 15 heavy (non-hydrogen) atoms. The molecule has 1 rings (SSSR count). The number of rotatable bonds is 5. The van der Waals surface area contributed by atoms with E-state index in [0.717, 1.165) is 6.42 Å². The Morgan fingerprint density at radius 2 is 2.20 bits per heavy atom. The summed E-state index contributed by atoms with van der Waals surface area (Å²) in [6.45, 7) is 3.92. The van der Waals surface area contributed by atoms with Gasteiger partial charge in [-0.25, -0.2) is 4.79 Å². The van der Waals surface area contributed by atoms with Crippen molar-refractivity contribution in [3.63, 3.8) is 0 Å². The molecule has 0 aromatic heterocycles. The molecule has 0 radical (unpaired) electrons. The van der Waals surface area contributed by atoms with Gasteiger partial charge in [0.25, 0.3) is 0 Å². The SMILES string of the molecule is C=C(CNC1CCCCC1SC)C(=O)O. The van der Waals surface area contributed by atoms with Gasteiger partial charge in [-0.05, 0) is 19.1 Å². The monoisotopic (exact) mass is 229 g/mol. The molecule has 0 amide bonds. The lowest BCUT2D eigenvalue weighted by atomic mass is 9.94. The minimum atomic E-state index is -0.904. The van der Waals surface area contributed by atoms with Gasteiger partial charge in [0.1, 0.15) is 0 Å². The summed E-state index contributed by atoms with van der Waals surface area (Å²) in [7, 11) is 0. The summed E-state index contributed by atoms with van der Waals surface area (Å²) >= 11 is 1.87. The van der Waals surface area contributed by atoms with Crippen molar-refractivity contribution in [1.29, 1.82) is 0 Å². The van der Waals surface area contributed by atoms with Crippen molar-refractivity contribution < 1.29 is 9.90 Å². The molecule has 0 aromatic rings. The second-order valence-electron chi connectivity index (χ2n) is 3.95. The van der Waals surface area contributed by atoms with Gasteiger partial charge in [0, 0.05) is 23.4 Å². The molecule has 2 atom stereocenters. The predicted octanol–water partition coefficient (Wildman–Crippen LogP) is 1.89. The van der Waals surface area contributed by atoms with Crippen LogP contribution < -0.4 is 5.32 Å². The van der Waals surface area contributed by atoms with Crippen LogP contribution >= 0.6 is 11.8 Å². The summed E-state index contributed by atoms with van der Waals surface area (Å²) < 4.78 is 0. The zero-order valence-corrected chi connectivity index (χ0v) is 9.98. The molecular weight excluding hydrogens is 210 g/mol. The minimum absolute atomic E-state index is 0.250. The van der Waals surface area contributed by atoms with Crippen LogP contribution in [0.3, 0.4) is 0 Å². The van der Waals surface area contributed by atoms with Crippen LogP contribution in [0.5, 0.6) is 0 Å². The molecule has 0 spiro atoms. The number of carboxylic acids is 1. The van der Waals surface area contributed by atoms with Crippen LogP contribution in [0, 0.1) is 0 Å². The summed E-state index contributed by atoms with van der Waals surface area (Å²) in [5.41, 5.74) is 0.250. The topological polar surface area (TPSA) is 49.3 Å². The molecule has 3 nitrogen and oxygen atoms in total. The molecule has 0 heterocycles. The molecule has 1 saturated carbocycles. The summed E-state index contributed by atoms with van der Waals surface area (Å²) in [5.74, 6) is -0.904. The number of aliphatic carboxylic acids is 1. The maximum Gasteiger partial charge on any atom is 0.332 e. The fourth-order valence-corrected chi connectivity index (χ4v) is 2.91. The molecule has 0 aromatic carbocycles. The van der Waals surface area contributed by atoms with Crippen molar-refractivity contribution in [2.45, 2.75) is 37.0 Å². The van der Waals surface area contributed by atoms with E-state index in [2.05, 4.69) is 18.2 Å². The smallest absolute Gasteiger partial charge is 0.332 e. The van der Waals surface area contributed by atoms with Gasteiger partial charge in [0.05, 0.1) is 0 Å². The van der Waals surface area contributed by atoms with Crippen LogP contribution in [0.25, 0.3) is 0 Å². The van der Waals surface area contributed by atoms with Crippen LogP contribution in [-0.2, 0) is 4.79 Å². The van der Waals surface area contributed by atoms with Gasteiger partial charge in [-0.2, -0.15) is 11.8 Å². The fraction of sp³-hybridized carbons (Fsp3) is 0.727. The fourth-order valence-electron chi connectivity index (χ4n) is 1.94. The maximum absolute atomic E-state index is 10.6. The van der Waals surface area contributed by atoms with Crippen LogP contribution in [0.2, 0.25) is 0 Å². The number of hydrogen-bond acceptors (Lipinski definition) is 3. The van der Waals surface area contributed by atoms with Crippen molar-refractivity contribution >= 4 is 17.7 Å². The largest absolute Gasteiger partial charge is 0.478 e. The first-order valence-corrected chi connectivity index (χ1v) is 6.61. The van der Waals surface area contributed by atoms with Crippen LogP contribution in [0.4, 0.5) is 0 Å². The average Bonchev–Trinajstić information content (AvgIpc) is 2.26. The molecule has 2 unspecified atom stereocenters. The first-order chi connectivity index (χ1) is 7.15. The Hall–Kier alpha value is -0.480. The second kappa shape index (κ2) is 6.18. The lowest BCUT2D eigenvalue weighted by molar-refractivity contribution is -0.132. The third kappa shape index (κ3) is 3.87. The first-order valence-electron chi connectivity index (χ1n) is 5.32. The average molecular weight is 229 g/mol. The van der Waals surface area contributed by atoms with E-state index in [1.807, 2.05) is 11.8 Å². The van der Waals surface area contributed by atoms with Crippen molar-refractivity contribution in [2.24, 2.45) is 0 Å². The Kier molecular flexibility index (Phi) is 5.19. The molecule has 1 aliphatic rings. The highest BCUT2D eigenvalue weighted by Crippen LogP contribution is 2.27. The Bertz CT molecular complexity index is 243. The van der Waals surface area contributed by atoms with Crippen molar-refractivity contribution in [3.05, 3.63) is 12.2 Å². The van der Waals surface area contributed by atoms with Gasteiger partial charge in [-0.3, -0.25) is 0 Å². The minimum Gasteiger partial charge on any atom is -0.478 e. The van der Waals surface area contributed by atoms with Crippen molar-refractivity contribution in [1.82, 2.24) is 5.32 Å². The zero-order chi connectivity index (χ0) is 11.3. The number of carbonyl (C=O) groups is 1. The van der Waals surface area contributed by atoms with Crippen LogP contribution in [-0.4, -0.2) is 35.2 Å². The molecule has 1 aliphatic carbocycles. The summed E-state index contributed by atoms with van der Waals surface area (Å²) in [6, 6.07) is 0.449. The van der Waals surface area contributed by atoms with E-state index in [-0.39, 0.29) is 5.57 Å². The number of thioether (sulfide) groups is 1. The molecule has 0 saturated heterocycles. The number of hydrogen-bond donors (Lipinski definition) is 2. The van der Waals surface area contributed by atoms with Crippen molar-refractivity contribution in [3.8, 4) is 0 Å². The Labute approximate surface area is 95.3 Å². The summed E-state index contributed by atoms with van der Waals surface area (Å²) in [5, 5.41) is 12.6. The predicted molar refractivity (Wildman–Crippen MR) is 64.3 cm³/mol. The Morgan fingerprint density at radius 3 is 2.80 bits per heavy atom. The summed E-state index contributed by atoms with van der Waals surface area (Å²) in [6.07, 6.45) is 7.05. The zero-order valence-electron chi connectivity index (χ0n) is 9.16. The quantitative estimate of drug-likeness (QED) is 0.707. The Balaban J connectivity index is 2.35. The maximum atomic E-state index is 10.6. The third-order valence-corrected chi connectivity index (χ3v) is 4.06. The lowest BCUT2D eigenvalue weighted by Crippen LogP contribution is -2.41. The lowest BCUT2D eigenvalue weighted by Gasteiger charge is -2.31. The Morgan fingerprint density at radius 1 is 1.53 bits per heavy atom. The van der Waals surface area contributed by atoms with Crippen LogP contribution in [0.15, 0.2) is 12.2 Å². The number of nitrogens with one attached hydrogen (secondary N) is 1. The van der Waals surface area contributed by atoms with E-state index in [9.17, 15) is 4.79 Å². The number of carboxylic acid groups (broad SMARTS) is 1. The molecule has 4 heteroatoms. The molecule has 0 aliphatic heterocycles. The van der Waals surface area contributed by atoms with Gasteiger partial charge in [-0.1, -0.05) is 19.4 Å². The highest BCUT2D eigenvalue weighted by Gasteiger charge is 2.24. The summed E-state index contributed by atoms with van der Waals surface area (Å²) in [4.78, 5) is 10.6. The van der Waals surface area contributed by atoms with Gasteiger partial charge in [0.15, 0.2) is 0 Å². The van der Waals surface area contributed by atoms with Gasteiger partial charge in [0.2, 0.25) is 0 Å².